The number of hydrogen-bond donors (Lipinski definition) is 1. The van der Waals surface area contributed by atoms with Crippen molar-refractivity contribution in [2.45, 2.75) is 44.9 Å². The van der Waals surface area contributed by atoms with Crippen molar-refractivity contribution in [3.05, 3.63) is 35.9 Å². The normalized spacial score (nSPS) is 23.3. The van der Waals surface area contributed by atoms with Gasteiger partial charge in [-0.3, -0.25) is 4.90 Å². The number of rotatable bonds is 4. The number of likely N-dealkylation sites (tertiary alicyclic amines) is 1. The van der Waals surface area contributed by atoms with E-state index < -0.39 is 5.60 Å². The van der Waals surface area contributed by atoms with Crippen molar-refractivity contribution in [1.29, 1.82) is 0 Å². The van der Waals surface area contributed by atoms with E-state index >= 15 is 0 Å². The molecule has 1 atom stereocenters. The number of aliphatic hydroxyl groups is 1. The van der Waals surface area contributed by atoms with E-state index in [0.29, 0.717) is 12.2 Å². The second-order valence-corrected chi connectivity index (χ2v) is 6.63. The van der Waals surface area contributed by atoms with Crippen molar-refractivity contribution < 1.29 is 5.11 Å². The van der Waals surface area contributed by atoms with Gasteiger partial charge < -0.3 is 9.67 Å². The minimum atomic E-state index is -0.892. The first kappa shape index (κ1) is 15.2. The third-order valence-electron chi connectivity index (χ3n) is 4.50. The summed E-state index contributed by atoms with van der Waals surface area (Å²) < 4.78 is 3.94. The molecule has 2 aromatic heterocycles. The van der Waals surface area contributed by atoms with Crippen molar-refractivity contribution in [1.82, 2.24) is 24.5 Å². The summed E-state index contributed by atoms with van der Waals surface area (Å²) in [7, 11) is 2.06. The summed E-state index contributed by atoms with van der Waals surface area (Å²) in [5.41, 5.74) is 1.06. The van der Waals surface area contributed by atoms with Crippen LogP contribution in [-0.2, 0) is 19.2 Å². The molecule has 0 spiro atoms. The number of β-amino-alcohol motifs (C(OH)–C–C–N with tert-alkyl or cyclic N) is 1. The largest absolute Gasteiger partial charge is 0.382 e. The molecule has 0 aliphatic carbocycles. The number of nitrogens with zero attached hydrogens (tertiary/aromatic N) is 5. The van der Waals surface area contributed by atoms with E-state index in [4.69, 9.17) is 0 Å². The third kappa shape index (κ3) is 2.94. The Balaban J connectivity index is 1.74. The second kappa shape index (κ2) is 5.85. The Bertz CT molecular complexity index is 632. The van der Waals surface area contributed by atoms with E-state index in [1.165, 1.54) is 5.69 Å². The van der Waals surface area contributed by atoms with Gasteiger partial charge >= 0.3 is 0 Å². The molecule has 1 N–H and O–H groups in total. The highest BCUT2D eigenvalue weighted by atomic mass is 16.3. The molecule has 120 valence electrons. The minimum Gasteiger partial charge on any atom is -0.382 e. The second-order valence-electron chi connectivity index (χ2n) is 6.63. The summed E-state index contributed by atoms with van der Waals surface area (Å²) in [6, 6.07) is 4.44. The smallest absolute Gasteiger partial charge is 0.123 e. The van der Waals surface area contributed by atoms with Crippen LogP contribution in [0.15, 0.2) is 24.5 Å². The molecule has 0 aromatic carbocycles. The highest BCUT2D eigenvalue weighted by Gasteiger charge is 2.37. The summed E-state index contributed by atoms with van der Waals surface area (Å²) in [4.78, 5) is 2.30. The van der Waals surface area contributed by atoms with Crippen LogP contribution < -0.4 is 0 Å². The van der Waals surface area contributed by atoms with Gasteiger partial charge in [0.2, 0.25) is 0 Å². The van der Waals surface area contributed by atoms with E-state index in [1.54, 1.807) is 0 Å². The van der Waals surface area contributed by atoms with E-state index in [2.05, 4.69) is 59.0 Å². The lowest BCUT2D eigenvalue weighted by atomic mass is 9.90. The van der Waals surface area contributed by atoms with Crippen molar-refractivity contribution in [2.75, 3.05) is 13.1 Å². The fourth-order valence-electron chi connectivity index (χ4n) is 3.10. The first-order valence-corrected chi connectivity index (χ1v) is 7.95. The Kier molecular flexibility index (Phi) is 4.06. The van der Waals surface area contributed by atoms with Gasteiger partial charge in [-0.2, -0.15) is 0 Å². The topological polar surface area (TPSA) is 59.1 Å². The predicted molar refractivity (Wildman–Crippen MR) is 84.2 cm³/mol. The molecule has 1 saturated heterocycles. The van der Waals surface area contributed by atoms with Crippen LogP contribution in [0.25, 0.3) is 0 Å². The molecule has 6 heteroatoms. The molecule has 1 aliphatic heterocycles. The number of hydrogen-bond acceptors (Lipinski definition) is 4. The van der Waals surface area contributed by atoms with Crippen LogP contribution >= 0.6 is 0 Å². The molecule has 3 rings (SSSR count). The molecule has 0 saturated carbocycles. The lowest BCUT2D eigenvalue weighted by molar-refractivity contribution is -0.0419. The van der Waals surface area contributed by atoms with Crippen LogP contribution in [0.1, 0.15) is 44.1 Å². The first-order chi connectivity index (χ1) is 10.5. The molecule has 1 unspecified atom stereocenters. The van der Waals surface area contributed by atoms with Gasteiger partial charge in [-0.1, -0.05) is 5.21 Å². The lowest BCUT2D eigenvalue weighted by Gasteiger charge is -2.38. The molecule has 22 heavy (non-hydrogen) atoms. The summed E-state index contributed by atoms with van der Waals surface area (Å²) in [6.45, 7) is 6.58. The average Bonchev–Trinajstić information content (AvgIpc) is 3.09. The first-order valence-electron chi connectivity index (χ1n) is 7.95. The van der Waals surface area contributed by atoms with Crippen molar-refractivity contribution in [3.63, 3.8) is 0 Å². The van der Waals surface area contributed by atoms with Crippen molar-refractivity contribution in [3.8, 4) is 0 Å². The molecule has 6 nitrogen and oxygen atoms in total. The number of piperidine rings is 1. The van der Waals surface area contributed by atoms with E-state index in [1.807, 2.05) is 10.9 Å². The number of aromatic nitrogens is 4. The van der Waals surface area contributed by atoms with Gasteiger partial charge in [0.05, 0.1) is 6.20 Å². The molecule has 0 radical (unpaired) electrons. The summed E-state index contributed by atoms with van der Waals surface area (Å²) in [5.74, 6) is 0. The quantitative estimate of drug-likeness (QED) is 0.933. The van der Waals surface area contributed by atoms with Gasteiger partial charge in [0.15, 0.2) is 0 Å². The fourth-order valence-corrected chi connectivity index (χ4v) is 3.10. The fraction of sp³-hybridized carbons (Fsp3) is 0.625. The Labute approximate surface area is 131 Å². The van der Waals surface area contributed by atoms with Gasteiger partial charge in [-0.25, -0.2) is 4.68 Å². The van der Waals surface area contributed by atoms with Crippen LogP contribution in [0.5, 0.6) is 0 Å². The highest BCUT2D eigenvalue weighted by molar-refractivity contribution is 5.11. The van der Waals surface area contributed by atoms with E-state index in [9.17, 15) is 5.11 Å². The van der Waals surface area contributed by atoms with Crippen LogP contribution in [0.4, 0.5) is 0 Å². The Morgan fingerprint density at radius 1 is 1.41 bits per heavy atom. The molecule has 1 fully saturated rings. The molecule has 1 aliphatic rings. The van der Waals surface area contributed by atoms with E-state index in [-0.39, 0.29) is 6.04 Å². The molecule has 0 amide bonds. The number of aryl methyl sites for hydroxylation is 1. The molecule has 2 aromatic rings. The maximum absolute atomic E-state index is 11.0. The SMILES string of the molecule is CC(C)n1cc(C2(O)CCCN(Cc3cccn3C)C2)nn1. The van der Waals surface area contributed by atoms with Gasteiger partial charge in [0.25, 0.3) is 0 Å². The van der Waals surface area contributed by atoms with Crippen LogP contribution in [-0.4, -0.2) is 42.7 Å². The molecular weight excluding hydrogens is 278 g/mol. The zero-order chi connectivity index (χ0) is 15.7. The van der Waals surface area contributed by atoms with Gasteiger partial charge in [0, 0.05) is 38.1 Å². The predicted octanol–water partition coefficient (Wildman–Crippen LogP) is 1.68. The van der Waals surface area contributed by atoms with Crippen molar-refractivity contribution in [2.24, 2.45) is 7.05 Å². The lowest BCUT2D eigenvalue weighted by Crippen LogP contribution is -2.46. The minimum absolute atomic E-state index is 0.257. The maximum Gasteiger partial charge on any atom is 0.123 e. The monoisotopic (exact) mass is 303 g/mol. The van der Waals surface area contributed by atoms with Crippen LogP contribution in [0.3, 0.4) is 0 Å². The molecular formula is C16H25N5O. The Morgan fingerprint density at radius 2 is 2.23 bits per heavy atom. The van der Waals surface area contributed by atoms with Crippen LogP contribution in [0, 0.1) is 0 Å². The zero-order valence-corrected chi connectivity index (χ0v) is 13.6. The highest BCUT2D eigenvalue weighted by Crippen LogP contribution is 2.31. The van der Waals surface area contributed by atoms with E-state index in [0.717, 1.165) is 25.9 Å². The van der Waals surface area contributed by atoms with Gasteiger partial charge in [-0.05, 0) is 45.4 Å². The van der Waals surface area contributed by atoms with Crippen molar-refractivity contribution >= 4 is 0 Å². The Morgan fingerprint density at radius 3 is 2.86 bits per heavy atom. The molecule has 3 heterocycles. The summed E-state index contributed by atoms with van der Waals surface area (Å²) in [5, 5.41) is 19.4. The third-order valence-corrected chi connectivity index (χ3v) is 4.50. The maximum atomic E-state index is 11.0. The average molecular weight is 303 g/mol. The molecule has 0 bridgehead atoms. The summed E-state index contributed by atoms with van der Waals surface area (Å²) in [6.07, 6.45) is 5.65. The zero-order valence-electron chi connectivity index (χ0n) is 13.6. The van der Waals surface area contributed by atoms with Gasteiger partial charge in [0.1, 0.15) is 11.3 Å². The van der Waals surface area contributed by atoms with Gasteiger partial charge in [-0.15, -0.1) is 5.10 Å². The van der Waals surface area contributed by atoms with Crippen LogP contribution in [0.2, 0.25) is 0 Å². The summed E-state index contributed by atoms with van der Waals surface area (Å²) >= 11 is 0. The standard InChI is InChI=1S/C16H25N5O/c1-13(2)21-11-15(17-18-21)16(22)7-5-9-20(12-16)10-14-6-4-8-19(14)3/h4,6,8,11,13,22H,5,7,9-10,12H2,1-3H3. The Hall–Kier alpha value is -1.66.